The Balaban J connectivity index is 1.92. The molecule has 0 saturated carbocycles. The second-order valence-electron chi connectivity index (χ2n) is 6.16. The van der Waals surface area contributed by atoms with E-state index in [9.17, 15) is 4.21 Å². The Labute approximate surface area is 152 Å². The highest BCUT2D eigenvalue weighted by molar-refractivity contribution is 7.82. The third-order valence-corrected chi connectivity index (χ3v) is 6.10. The molecule has 2 atom stereocenters. The zero-order valence-corrected chi connectivity index (χ0v) is 15.5. The number of nitrogens with zero attached hydrogens (tertiary/aromatic N) is 1. The summed E-state index contributed by atoms with van der Waals surface area (Å²) in [5, 5.41) is 2.26. The van der Waals surface area contributed by atoms with E-state index in [2.05, 4.69) is 20.1 Å². The van der Waals surface area contributed by atoms with Crippen molar-refractivity contribution in [2.45, 2.75) is 25.4 Å². The number of fused-ring (bicyclic) bond motifs is 3. The summed E-state index contributed by atoms with van der Waals surface area (Å²) in [6.45, 7) is 1.51. The topological polar surface area (TPSA) is 58.1 Å². The third-order valence-electron chi connectivity index (χ3n) is 4.64. The maximum atomic E-state index is 11.5. The van der Waals surface area contributed by atoms with Gasteiger partial charge < -0.3 is 9.99 Å². The predicted octanol–water partition coefficient (Wildman–Crippen LogP) is 2.59. The molecule has 2 aromatic rings. The van der Waals surface area contributed by atoms with Gasteiger partial charge >= 0.3 is 0 Å². The molecule has 128 valence electrons. The average molecular weight is 385 g/mol. The van der Waals surface area contributed by atoms with Gasteiger partial charge in [0.05, 0.1) is 26.5 Å². The van der Waals surface area contributed by atoms with Crippen LogP contribution in [0.3, 0.4) is 0 Å². The average Bonchev–Trinajstić information content (AvgIpc) is 3.15. The highest BCUT2D eigenvalue weighted by Crippen LogP contribution is 2.41. The van der Waals surface area contributed by atoms with Crippen LogP contribution in [0.1, 0.15) is 17.7 Å². The number of rotatable bonds is 3. The largest absolute Gasteiger partial charge is 0.341 e. The lowest BCUT2D eigenvalue weighted by atomic mass is 9.98. The number of hydrazine groups is 1. The molecular weight excluding hydrogens is 367 g/mol. The second-order valence-corrected chi connectivity index (χ2v) is 8.09. The van der Waals surface area contributed by atoms with Crippen molar-refractivity contribution in [2.24, 2.45) is 0 Å². The molecule has 0 saturated heterocycles. The fourth-order valence-corrected chi connectivity index (χ4v) is 4.78. The minimum absolute atomic E-state index is 0.163. The van der Waals surface area contributed by atoms with Gasteiger partial charge in [0.25, 0.3) is 0 Å². The van der Waals surface area contributed by atoms with Crippen LogP contribution in [0.5, 0.6) is 0 Å². The Bertz CT molecular complexity index is 877. The summed E-state index contributed by atoms with van der Waals surface area (Å²) in [6, 6.07) is 4.06. The van der Waals surface area contributed by atoms with E-state index in [4.69, 9.17) is 23.2 Å². The first-order valence-electron chi connectivity index (χ1n) is 7.82. The number of benzene rings is 1. The molecule has 1 aromatic heterocycles. The Kier molecular flexibility index (Phi) is 4.34. The molecule has 8 heteroatoms. The lowest BCUT2D eigenvalue weighted by molar-refractivity contribution is 0.443. The number of hydrogen-bond donors (Lipinski definition) is 3. The van der Waals surface area contributed by atoms with Crippen LogP contribution in [0.15, 0.2) is 18.3 Å². The Morgan fingerprint density at radius 1 is 1.38 bits per heavy atom. The number of hydrogen-bond acceptors (Lipinski definition) is 3. The molecule has 0 spiro atoms. The number of halogens is 2. The second kappa shape index (κ2) is 6.35. The smallest absolute Gasteiger partial charge is 0.0886 e. The highest BCUT2D eigenvalue weighted by Gasteiger charge is 2.28. The third kappa shape index (κ3) is 2.66. The summed E-state index contributed by atoms with van der Waals surface area (Å²) in [5.74, 6) is 0. The molecule has 0 aliphatic carbocycles. The minimum atomic E-state index is -1.03. The van der Waals surface area contributed by atoms with E-state index >= 15 is 0 Å². The van der Waals surface area contributed by atoms with Crippen LogP contribution in [0.4, 0.5) is 0 Å². The van der Waals surface area contributed by atoms with E-state index in [1.807, 2.05) is 18.3 Å². The van der Waals surface area contributed by atoms with Crippen molar-refractivity contribution in [1.29, 1.82) is 0 Å². The molecular formula is C16H18Cl2N4OS. The minimum Gasteiger partial charge on any atom is -0.341 e. The molecule has 2 aliphatic rings. The van der Waals surface area contributed by atoms with Crippen LogP contribution in [0.25, 0.3) is 16.5 Å². The van der Waals surface area contributed by atoms with E-state index in [0.29, 0.717) is 10.0 Å². The van der Waals surface area contributed by atoms with Gasteiger partial charge in [-0.15, -0.1) is 0 Å². The first kappa shape index (κ1) is 16.4. The zero-order valence-electron chi connectivity index (χ0n) is 13.2. The number of aromatic nitrogens is 1. The predicted molar refractivity (Wildman–Crippen MR) is 100 cm³/mol. The van der Waals surface area contributed by atoms with Crippen molar-refractivity contribution in [3.8, 4) is 0 Å². The van der Waals surface area contributed by atoms with Crippen molar-refractivity contribution >= 4 is 50.7 Å². The molecule has 2 aliphatic heterocycles. The zero-order chi connectivity index (χ0) is 16.8. The summed E-state index contributed by atoms with van der Waals surface area (Å²) in [4.78, 5) is 0. The monoisotopic (exact) mass is 384 g/mol. The summed E-state index contributed by atoms with van der Waals surface area (Å²) in [7, 11) is -1.03. The van der Waals surface area contributed by atoms with Crippen LogP contribution < -0.4 is 15.6 Å². The summed E-state index contributed by atoms with van der Waals surface area (Å²) >= 11 is 12.8. The maximum Gasteiger partial charge on any atom is 0.0886 e. The van der Waals surface area contributed by atoms with Gasteiger partial charge in [-0.05, 0) is 24.5 Å². The summed E-state index contributed by atoms with van der Waals surface area (Å²) in [6.07, 6.45) is 5.52. The van der Waals surface area contributed by atoms with E-state index in [1.54, 1.807) is 6.26 Å². The van der Waals surface area contributed by atoms with Gasteiger partial charge in [-0.1, -0.05) is 29.3 Å². The van der Waals surface area contributed by atoms with Gasteiger partial charge in [0.15, 0.2) is 0 Å². The van der Waals surface area contributed by atoms with Gasteiger partial charge in [-0.25, -0.2) is 14.4 Å². The standard InChI is InChI=1S/C16H18Cl2N4OS/c1-24(23)21-10-2-5-13-14(9-6-19-20-7-9)11-3-4-12(17)15(18)16(11)22(13)8-10/h3-4,6,10,19-21H,2,5,7-8H2,1H3. The van der Waals surface area contributed by atoms with Crippen LogP contribution in [0.2, 0.25) is 10.0 Å². The number of nitrogens with one attached hydrogen (secondary N) is 3. The molecule has 3 heterocycles. The van der Waals surface area contributed by atoms with Gasteiger partial charge in [-0.2, -0.15) is 0 Å². The first-order chi connectivity index (χ1) is 11.6. The molecule has 5 nitrogen and oxygen atoms in total. The molecule has 24 heavy (non-hydrogen) atoms. The fourth-order valence-electron chi connectivity index (χ4n) is 3.70. The first-order valence-corrected chi connectivity index (χ1v) is 10.1. The molecule has 0 radical (unpaired) electrons. The van der Waals surface area contributed by atoms with Gasteiger partial charge in [0, 0.05) is 48.2 Å². The van der Waals surface area contributed by atoms with E-state index in [-0.39, 0.29) is 6.04 Å². The Morgan fingerprint density at radius 2 is 2.21 bits per heavy atom. The van der Waals surface area contributed by atoms with E-state index in [1.165, 1.54) is 16.8 Å². The van der Waals surface area contributed by atoms with Crippen molar-refractivity contribution in [3.05, 3.63) is 39.6 Å². The fraction of sp³-hybridized carbons (Fsp3) is 0.375. The molecule has 2 unspecified atom stereocenters. The van der Waals surface area contributed by atoms with Crippen molar-refractivity contribution in [1.82, 2.24) is 20.1 Å². The molecule has 4 rings (SSSR count). The van der Waals surface area contributed by atoms with Crippen molar-refractivity contribution in [3.63, 3.8) is 0 Å². The van der Waals surface area contributed by atoms with Crippen LogP contribution in [0, 0.1) is 0 Å². The highest BCUT2D eigenvalue weighted by atomic mass is 35.5. The molecule has 0 amide bonds. The SMILES string of the molecule is CS(=O)NC1CCc2c(C3=CNNC3)c3ccc(Cl)c(Cl)c3n2C1. The molecule has 0 fully saturated rings. The van der Waals surface area contributed by atoms with E-state index in [0.717, 1.165) is 36.8 Å². The molecule has 0 bridgehead atoms. The van der Waals surface area contributed by atoms with E-state index < -0.39 is 11.0 Å². The quantitative estimate of drug-likeness (QED) is 0.761. The van der Waals surface area contributed by atoms with Crippen molar-refractivity contribution in [2.75, 3.05) is 12.8 Å². The van der Waals surface area contributed by atoms with Crippen molar-refractivity contribution < 1.29 is 4.21 Å². The van der Waals surface area contributed by atoms with Crippen LogP contribution in [-0.2, 0) is 24.0 Å². The van der Waals surface area contributed by atoms with Crippen LogP contribution >= 0.6 is 23.2 Å². The summed E-state index contributed by atoms with van der Waals surface area (Å²) in [5.41, 5.74) is 10.9. The van der Waals surface area contributed by atoms with Gasteiger partial charge in [0.1, 0.15) is 0 Å². The van der Waals surface area contributed by atoms with Crippen LogP contribution in [-0.4, -0.2) is 27.6 Å². The molecule has 3 N–H and O–H groups in total. The molecule has 1 aromatic carbocycles. The maximum absolute atomic E-state index is 11.5. The van der Waals surface area contributed by atoms with Gasteiger partial charge in [-0.3, -0.25) is 0 Å². The Hall–Kier alpha value is -1.05. The lowest BCUT2D eigenvalue weighted by Gasteiger charge is -2.26. The summed E-state index contributed by atoms with van der Waals surface area (Å²) < 4.78 is 16.9. The normalized spacial score (nSPS) is 21.5. The van der Waals surface area contributed by atoms with Gasteiger partial charge in [0.2, 0.25) is 0 Å². The lowest BCUT2D eigenvalue weighted by Crippen LogP contribution is -2.38. The Morgan fingerprint density at radius 3 is 2.92 bits per heavy atom.